The van der Waals surface area contributed by atoms with Gasteiger partial charge in [0.05, 0.1) is 10.0 Å². The van der Waals surface area contributed by atoms with E-state index in [1.54, 1.807) is 29.5 Å². The van der Waals surface area contributed by atoms with Crippen LogP contribution in [0.1, 0.15) is 10.4 Å². The van der Waals surface area contributed by atoms with E-state index in [1.807, 2.05) is 23.6 Å². The summed E-state index contributed by atoms with van der Waals surface area (Å²) in [6.07, 6.45) is 3.30. The fourth-order valence-corrected chi connectivity index (χ4v) is 2.38. The number of amides is 1. The highest BCUT2D eigenvalue weighted by Crippen LogP contribution is 2.22. The normalized spacial score (nSPS) is 10.8. The smallest absolute Gasteiger partial charge is 0.244 e. The minimum Gasteiger partial charge on any atom is -0.348 e. The van der Waals surface area contributed by atoms with E-state index in [2.05, 4.69) is 5.32 Å². The molecular formula is C14H11Cl2NOS. The van der Waals surface area contributed by atoms with Gasteiger partial charge in [0.1, 0.15) is 0 Å². The van der Waals surface area contributed by atoms with Crippen LogP contribution >= 0.6 is 34.5 Å². The van der Waals surface area contributed by atoms with E-state index in [4.69, 9.17) is 23.2 Å². The van der Waals surface area contributed by atoms with Gasteiger partial charge >= 0.3 is 0 Å². The maximum atomic E-state index is 11.6. The predicted molar refractivity (Wildman–Crippen MR) is 81.7 cm³/mol. The standard InChI is InChI=1S/C14H11Cl2NOS/c15-12-5-3-10(8-13(12)16)9-17-14(18)6-4-11-2-1-7-19-11/h1-8H,9H2,(H,17,18)/b6-4+. The molecule has 0 bridgehead atoms. The molecule has 1 N–H and O–H groups in total. The van der Waals surface area contributed by atoms with Crippen LogP contribution in [0.3, 0.4) is 0 Å². The molecule has 0 saturated heterocycles. The zero-order valence-corrected chi connectivity index (χ0v) is 12.2. The number of carbonyl (C=O) groups is 1. The third-order valence-electron chi connectivity index (χ3n) is 2.39. The predicted octanol–water partition coefficient (Wildman–Crippen LogP) is 4.38. The Labute approximate surface area is 125 Å². The van der Waals surface area contributed by atoms with Crippen molar-refractivity contribution < 1.29 is 4.79 Å². The third kappa shape index (κ3) is 4.39. The van der Waals surface area contributed by atoms with Crippen LogP contribution in [0.5, 0.6) is 0 Å². The van der Waals surface area contributed by atoms with E-state index >= 15 is 0 Å². The molecule has 0 saturated carbocycles. The SMILES string of the molecule is O=C(/C=C/c1cccs1)NCc1ccc(Cl)c(Cl)c1. The lowest BCUT2D eigenvalue weighted by atomic mass is 10.2. The molecule has 1 aromatic carbocycles. The maximum Gasteiger partial charge on any atom is 0.244 e. The Bertz CT molecular complexity index is 593. The molecule has 0 aliphatic heterocycles. The molecule has 2 nitrogen and oxygen atoms in total. The number of benzene rings is 1. The summed E-state index contributed by atoms with van der Waals surface area (Å²) >= 11 is 13.3. The average molecular weight is 312 g/mol. The van der Waals surface area contributed by atoms with E-state index in [0.717, 1.165) is 10.4 Å². The lowest BCUT2D eigenvalue weighted by Gasteiger charge is -2.04. The molecule has 2 rings (SSSR count). The molecule has 98 valence electrons. The van der Waals surface area contributed by atoms with Gasteiger partial charge in [-0.05, 0) is 35.2 Å². The van der Waals surface area contributed by atoms with Crippen molar-refractivity contribution >= 4 is 46.5 Å². The van der Waals surface area contributed by atoms with Crippen molar-refractivity contribution in [3.8, 4) is 0 Å². The number of nitrogens with one attached hydrogen (secondary N) is 1. The van der Waals surface area contributed by atoms with Gasteiger partial charge in [0.25, 0.3) is 0 Å². The number of carbonyl (C=O) groups excluding carboxylic acids is 1. The monoisotopic (exact) mass is 311 g/mol. The first-order valence-electron chi connectivity index (χ1n) is 5.58. The first-order chi connectivity index (χ1) is 9.15. The zero-order chi connectivity index (χ0) is 13.7. The minimum absolute atomic E-state index is 0.139. The molecule has 1 amide bonds. The van der Waals surface area contributed by atoms with E-state index in [1.165, 1.54) is 6.08 Å². The van der Waals surface area contributed by atoms with Crippen LogP contribution in [0.4, 0.5) is 0 Å². The van der Waals surface area contributed by atoms with Crippen molar-refractivity contribution in [2.45, 2.75) is 6.54 Å². The molecule has 0 aliphatic carbocycles. The summed E-state index contributed by atoms with van der Waals surface area (Å²) in [6.45, 7) is 0.421. The van der Waals surface area contributed by atoms with Crippen molar-refractivity contribution in [1.29, 1.82) is 0 Å². The highest BCUT2D eigenvalue weighted by molar-refractivity contribution is 7.10. The summed E-state index contributed by atoms with van der Waals surface area (Å²) in [7, 11) is 0. The molecule has 0 unspecified atom stereocenters. The Morgan fingerprint density at radius 2 is 2.11 bits per heavy atom. The van der Waals surface area contributed by atoms with Gasteiger partial charge in [-0.15, -0.1) is 11.3 Å². The largest absolute Gasteiger partial charge is 0.348 e. The number of halogens is 2. The molecule has 5 heteroatoms. The minimum atomic E-state index is -0.139. The molecule has 0 radical (unpaired) electrons. The van der Waals surface area contributed by atoms with Crippen molar-refractivity contribution in [3.05, 3.63) is 62.3 Å². The highest BCUT2D eigenvalue weighted by atomic mass is 35.5. The van der Waals surface area contributed by atoms with E-state index < -0.39 is 0 Å². The first kappa shape index (κ1) is 14.1. The summed E-state index contributed by atoms with van der Waals surface area (Å²) in [4.78, 5) is 12.7. The summed E-state index contributed by atoms with van der Waals surface area (Å²) in [5.41, 5.74) is 0.910. The fraction of sp³-hybridized carbons (Fsp3) is 0.0714. The van der Waals surface area contributed by atoms with Gasteiger partial charge in [0.15, 0.2) is 0 Å². The van der Waals surface area contributed by atoms with Gasteiger partial charge in [-0.3, -0.25) is 4.79 Å². The Morgan fingerprint density at radius 1 is 1.26 bits per heavy atom. The van der Waals surface area contributed by atoms with E-state index in [0.29, 0.717) is 16.6 Å². The van der Waals surface area contributed by atoms with Crippen LogP contribution in [0.2, 0.25) is 10.0 Å². The van der Waals surface area contributed by atoms with Crippen LogP contribution < -0.4 is 5.32 Å². The highest BCUT2D eigenvalue weighted by Gasteiger charge is 2.01. The van der Waals surface area contributed by atoms with Crippen LogP contribution in [0, 0.1) is 0 Å². The lowest BCUT2D eigenvalue weighted by Crippen LogP contribution is -2.20. The Hall–Kier alpha value is -1.29. The van der Waals surface area contributed by atoms with Gasteiger partial charge in [-0.2, -0.15) is 0 Å². The molecule has 0 aliphatic rings. The zero-order valence-electron chi connectivity index (χ0n) is 9.90. The van der Waals surface area contributed by atoms with Gasteiger partial charge < -0.3 is 5.32 Å². The number of rotatable bonds is 4. The fourth-order valence-electron chi connectivity index (χ4n) is 1.44. The molecule has 0 atom stereocenters. The van der Waals surface area contributed by atoms with Crippen LogP contribution in [-0.2, 0) is 11.3 Å². The van der Waals surface area contributed by atoms with Crippen LogP contribution in [0.15, 0.2) is 41.8 Å². The summed E-state index contributed by atoms with van der Waals surface area (Å²) in [5, 5.41) is 5.75. The number of thiophene rings is 1. The Morgan fingerprint density at radius 3 is 2.79 bits per heavy atom. The molecule has 0 fully saturated rings. The lowest BCUT2D eigenvalue weighted by molar-refractivity contribution is -0.116. The van der Waals surface area contributed by atoms with Gasteiger partial charge in [-0.1, -0.05) is 35.3 Å². The second-order valence-electron chi connectivity index (χ2n) is 3.82. The second-order valence-corrected chi connectivity index (χ2v) is 5.61. The van der Waals surface area contributed by atoms with Crippen molar-refractivity contribution in [1.82, 2.24) is 5.32 Å². The van der Waals surface area contributed by atoms with Crippen LogP contribution in [-0.4, -0.2) is 5.91 Å². The first-order valence-corrected chi connectivity index (χ1v) is 7.22. The molecule has 19 heavy (non-hydrogen) atoms. The van der Waals surface area contributed by atoms with Crippen molar-refractivity contribution in [3.63, 3.8) is 0 Å². The topological polar surface area (TPSA) is 29.1 Å². The second kappa shape index (κ2) is 6.75. The Kier molecular flexibility index (Phi) is 5.02. The van der Waals surface area contributed by atoms with Gasteiger partial charge in [-0.25, -0.2) is 0 Å². The average Bonchev–Trinajstić information content (AvgIpc) is 2.91. The van der Waals surface area contributed by atoms with E-state index in [-0.39, 0.29) is 5.91 Å². The molecule has 0 spiro atoms. The molecule has 1 heterocycles. The molecular weight excluding hydrogens is 301 g/mol. The van der Waals surface area contributed by atoms with E-state index in [9.17, 15) is 4.79 Å². The maximum absolute atomic E-state index is 11.6. The van der Waals surface area contributed by atoms with Crippen molar-refractivity contribution in [2.75, 3.05) is 0 Å². The molecule has 1 aromatic heterocycles. The number of hydrogen-bond donors (Lipinski definition) is 1. The summed E-state index contributed by atoms with van der Waals surface area (Å²) in [6, 6.07) is 9.18. The molecule has 2 aromatic rings. The van der Waals surface area contributed by atoms with Crippen molar-refractivity contribution in [2.24, 2.45) is 0 Å². The quantitative estimate of drug-likeness (QED) is 0.834. The van der Waals surface area contributed by atoms with Gasteiger partial charge in [0.2, 0.25) is 5.91 Å². The number of hydrogen-bond acceptors (Lipinski definition) is 2. The summed E-state index contributed by atoms with van der Waals surface area (Å²) < 4.78 is 0. The Balaban J connectivity index is 1.88. The third-order valence-corrected chi connectivity index (χ3v) is 3.97. The van der Waals surface area contributed by atoms with Crippen LogP contribution in [0.25, 0.3) is 6.08 Å². The van der Waals surface area contributed by atoms with Gasteiger partial charge in [0, 0.05) is 17.5 Å². The summed E-state index contributed by atoms with van der Waals surface area (Å²) in [5.74, 6) is -0.139.